The normalized spacial score (nSPS) is 12.3. The number of carbonyl (C=O) groups is 2. The molecule has 9 nitrogen and oxygen atoms in total. The maximum absolute atomic E-state index is 12.6. The predicted octanol–water partition coefficient (Wildman–Crippen LogP) is 0.724. The molecule has 1 amide bonds. The molecule has 0 radical (unpaired) electrons. The molecule has 0 unspecified atom stereocenters. The van der Waals surface area contributed by atoms with Crippen molar-refractivity contribution in [3.05, 3.63) is 17.7 Å². The molecule has 10 heteroatoms. The van der Waals surface area contributed by atoms with E-state index < -0.39 is 32.8 Å². The number of rotatable bonds is 9. The summed E-state index contributed by atoms with van der Waals surface area (Å²) >= 11 is 0. The van der Waals surface area contributed by atoms with Crippen molar-refractivity contribution in [2.24, 2.45) is 5.14 Å². The van der Waals surface area contributed by atoms with Gasteiger partial charge in [0.2, 0.25) is 10.0 Å². The third-order valence-electron chi connectivity index (χ3n) is 3.49. The third-order valence-corrected chi connectivity index (χ3v) is 4.43. The number of hydrogen-bond acceptors (Lipinski definition) is 6. The fraction of sp³-hybridized carbons (Fsp3) is 0.467. The average molecular weight is 374 g/mol. The number of nitrogens with one attached hydrogen (secondary N) is 1. The second-order valence-corrected chi connectivity index (χ2v) is 6.76. The Bertz CT molecular complexity index is 746. The predicted molar refractivity (Wildman–Crippen MR) is 89.3 cm³/mol. The number of carboxylic acids is 1. The van der Waals surface area contributed by atoms with Crippen LogP contribution in [0.2, 0.25) is 0 Å². The van der Waals surface area contributed by atoms with Crippen molar-refractivity contribution < 1.29 is 32.6 Å². The molecule has 4 N–H and O–H groups in total. The quantitative estimate of drug-likeness (QED) is 0.577. The fourth-order valence-corrected chi connectivity index (χ4v) is 2.95. The van der Waals surface area contributed by atoms with Gasteiger partial charge in [0.1, 0.15) is 22.3 Å². The number of amides is 1. The third kappa shape index (κ3) is 5.07. The molecule has 0 saturated heterocycles. The van der Waals surface area contributed by atoms with Crippen LogP contribution < -0.4 is 19.9 Å². The van der Waals surface area contributed by atoms with Gasteiger partial charge >= 0.3 is 5.97 Å². The van der Waals surface area contributed by atoms with Crippen molar-refractivity contribution in [2.75, 3.05) is 14.2 Å². The second kappa shape index (κ2) is 8.67. The summed E-state index contributed by atoms with van der Waals surface area (Å²) in [4.78, 5) is 23.5. The first-order valence-corrected chi connectivity index (χ1v) is 9.03. The molecule has 1 aromatic rings. The summed E-state index contributed by atoms with van der Waals surface area (Å²) in [5.74, 6) is -2.30. The van der Waals surface area contributed by atoms with Crippen molar-refractivity contribution in [1.29, 1.82) is 0 Å². The summed E-state index contributed by atoms with van der Waals surface area (Å²) in [6, 6.07) is 1.27. The van der Waals surface area contributed by atoms with Crippen LogP contribution in [0.4, 0.5) is 0 Å². The van der Waals surface area contributed by atoms with Gasteiger partial charge in [0.25, 0.3) is 5.91 Å². The van der Waals surface area contributed by atoms with E-state index in [9.17, 15) is 23.1 Å². The van der Waals surface area contributed by atoms with E-state index in [1.54, 1.807) is 0 Å². The van der Waals surface area contributed by atoms with Crippen LogP contribution in [0.1, 0.15) is 36.5 Å². The number of aliphatic carboxylic acids is 1. The van der Waals surface area contributed by atoms with Crippen LogP contribution in [0.25, 0.3) is 0 Å². The van der Waals surface area contributed by atoms with Gasteiger partial charge in [-0.2, -0.15) is 0 Å². The van der Waals surface area contributed by atoms with Crippen LogP contribution in [0.5, 0.6) is 11.5 Å². The summed E-state index contributed by atoms with van der Waals surface area (Å²) in [5.41, 5.74) is -0.237. The number of sulfonamides is 1. The highest BCUT2D eigenvalue weighted by atomic mass is 32.2. The molecule has 140 valence electrons. The van der Waals surface area contributed by atoms with Crippen molar-refractivity contribution in [3.63, 3.8) is 0 Å². The minimum absolute atomic E-state index is 0.0291. The van der Waals surface area contributed by atoms with Crippen molar-refractivity contribution in [3.8, 4) is 11.5 Å². The van der Waals surface area contributed by atoms with Crippen molar-refractivity contribution >= 4 is 21.9 Å². The molecule has 0 aliphatic carbocycles. The molecule has 0 aliphatic heterocycles. The lowest BCUT2D eigenvalue weighted by Gasteiger charge is -2.18. The number of carbonyl (C=O) groups excluding carboxylic acids is 1. The number of hydrogen-bond donors (Lipinski definition) is 3. The molecular formula is C15H22N2O7S. The number of ether oxygens (including phenoxy) is 2. The zero-order chi connectivity index (χ0) is 19.2. The Morgan fingerprint density at radius 1 is 1.28 bits per heavy atom. The number of primary sulfonamides is 1. The van der Waals surface area contributed by atoms with Gasteiger partial charge in [0, 0.05) is 0 Å². The molecule has 0 spiro atoms. The Labute approximate surface area is 146 Å². The summed E-state index contributed by atoms with van der Waals surface area (Å²) in [6.07, 6.45) is 1.59. The molecule has 1 atom stereocenters. The van der Waals surface area contributed by atoms with E-state index in [-0.39, 0.29) is 23.5 Å². The van der Waals surface area contributed by atoms with E-state index >= 15 is 0 Å². The largest absolute Gasteiger partial charge is 0.496 e. The van der Waals surface area contributed by atoms with Gasteiger partial charge < -0.3 is 19.9 Å². The molecule has 0 fully saturated rings. The Morgan fingerprint density at radius 2 is 1.92 bits per heavy atom. The van der Waals surface area contributed by atoms with Crippen LogP contribution in [-0.2, 0) is 14.8 Å². The summed E-state index contributed by atoms with van der Waals surface area (Å²) in [6.45, 7) is 1.89. The van der Waals surface area contributed by atoms with Crippen LogP contribution in [0, 0.1) is 0 Å². The first-order chi connectivity index (χ1) is 11.7. The molecule has 25 heavy (non-hydrogen) atoms. The number of benzene rings is 1. The lowest BCUT2D eigenvalue weighted by Crippen LogP contribution is -2.41. The highest BCUT2D eigenvalue weighted by Crippen LogP contribution is 2.34. The fourth-order valence-electron chi connectivity index (χ4n) is 2.25. The van der Waals surface area contributed by atoms with Gasteiger partial charge in [-0.15, -0.1) is 0 Å². The number of nitrogens with two attached hydrogens (primary N) is 1. The highest BCUT2D eigenvalue weighted by Gasteiger charge is 2.29. The molecule has 1 rings (SSSR count). The van der Waals surface area contributed by atoms with Gasteiger partial charge in [0.15, 0.2) is 5.75 Å². The zero-order valence-corrected chi connectivity index (χ0v) is 15.1. The van der Waals surface area contributed by atoms with E-state index in [2.05, 4.69) is 5.32 Å². The van der Waals surface area contributed by atoms with Crippen LogP contribution >= 0.6 is 0 Å². The summed E-state index contributed by atoms with van der Waals surface area (Å²) in [7, 11) is -1.70. The Hall–Kier alpha value is -2.33. The van der Waals surface area contributed by atoms with Gasteiger partial charge in [-0.25, -0.2) is 18.4 Å². The Kier molecular flexibility index (Phi) is 7.19. The van der Waals surface area contributed by atoms with Crippen LogP contribution in [0.15, 0.2) is 17.0 Å². The van der Waals surface area contributed by atoms with E-state index in [0.29, 0.717) is 6.42 Å². The first-order valence-electron chi connectivity index (χ1n) is 7.48. The first kappa shape index (κ1) is 20.7. The summed E-state index contributed by atoms with van der Waals surface area (Å²) < 4.78 is 33.5. The topological polar surface area (TPSA) is 145 Å². The second-order valence-electron chi connectivity index (χ2n) is 5.23. The number of carboxylic acid groups (broad SMARTS) is 1. The van der Waals surface area contributed by atoms with Crippen molar-refractivity contribution in [1.82, 2.24) is 5.32 Å². The van der Waals surface area contributed by atoms with Gasteiger partial charge in [-0.05, 0) is 18.6 Å². The molecule has 0 aromatic heterocycles. The van der Waals surface area contributed by atoms with Crippen LogP contribution in [0.3, 0.4) is 0 Å². The Balaban J connectivity index is 3.38. The van der Waals surface area contributed by atoms with Gasteiger partial charge in [-0.3, -0.25) is 4.79 Å². The zero-order valence-electron chi connectivity index (χ0n) is 14.2. The lowest BCUT2D eigenvalue weighted by atomic mass is 10.1. The maximum atomic E-state index is 12.6. The van der Waals surface area contributed by atoms with Crippen LogP contribution in [-0.4, -0.2) is 45.7 Å². The smallest absolute Gasteiger partial charge is 0.326 e. The lowest BCUT2D eigenvalue weighted by molar-refractivity contribution is -0.139. The standard InChI is InChI=1S/C15H22N2O7S/c1-4-5-6-9(15(19)20)17-14(18)12-10(23-2)7-8-11(13(12)24-3)25(16,21)22/h7-9H,4-6H2,1-3H3,(H,17,18)(H,19,20)(H2,16,21,22)/t9-/m0/s1. The SMILES string of the molecule is CCCC[C@H](NC(=O)c1c(OC)ccc(S(N)(=O)=O)c1OC)C(=O)O. The average Bonchev–Trinajstić information content (AvgIpc) is 2.55. The van der Waals surface area contributed by atoms with E-state index in [1.807, 2.05) is 6.92 Å². The molecule has 0 heterocycles. The van der Waals surface area contributed by atoms with Gasteiger partial charge in [-0.1, -0.05) is 19.8 Å². The van der Waals surface area contributed by atoms with E-state index in [4.69, 9.17) is 14.6 Å². The van der Waals surface area contributed by atoms with E-state index in [1.165, 1.54) is 20.3 Å². The molecule has 0 bridgehead atoms. The minimum atomic E-state index is -4.16. The number of unbranched alkanes of at least 4 members (excludes halogenated alkanes) is 1. The van der Waals surface area contributed by atoms with E-state index in [0.717, 1.165) is 12.5 Å². The molecule has 1 aromatic carbocycles. The molecule has 0 aliphatic rings. The maximum Gasteiger partial charge on any atom is 0.326 e. The molecular weight excluding hydrogens is 352 g/mol. The molecule has 0 saturated carbocycles. The summed E-state index contributed by atoms with van der Waals surface area (Å²) in [5, 5.41) is 16.7. The van der Waals surface area contributed by atoms with Gasteiger partial charge in [0.05, 0.1) is 14.2 Å². The minimum Gasteiger partial charge on any atom is -0.496 e. The Morgan fingerprint density at radius 3 is 2.36 bits per heavy atom. The van der Waals surface area contributed by atoms with Crippen molar-refractivity contribution in [2.45, 2.75) is 37.1 Å². The number of methoxy groups -OCH3 is 2. The monoisotopic (exact) mass is 374 g/mol. The highest BCUT2D eigenvalue weighted by molar-refractivity contribution is 7.89.